The average Bonchev–Trinajstić information content (AvgIpc) is 2.83. The topological polar surface area (TPSA) is 51.2 Å². The molecule has 0 aliphatic heterocycles. The summed E-state index contributed by atoms with van der Waals surface area (Å²) in [5, 5.41) is 6.36. The smallest absolute Gasteiger partial charge is 0.305 e. The standard InChI is InChI=1S/C14H24N2O2S/c1-5-10(2)8-11(3)15-14-16-12(9-19-14)6-7-13(17)18-4/h9-11H,5-8H2,1-4H3,(H,15,16). The highest BCUT2D eigenvalue weighted by Crippen LogP contribution is 2.20. The third kappa shape index (κ3) is 6.05. The van der Waals surface area contributed by atoms with E-state index in [-0.39, 0.29) is 5.97 Å². The molecule has 0 spiro atoms. The van der Waals surface area contributed by atoms with Gasteiger partial charge in [0, 0.05) is 17.8 Å². The normalized spacial score (nSPS) is 13.9. The quantitative estimate of drug-likeness (QED) is 0.742. The third-order valence-corrected chi connectivity index (χ3v) is 4.01. The monoisotopic (exact) mass is 284 g/mol. The number of carbonyl (C=O) groups is 1. The van der Waals surface area contributed by atoms with Gasteiger partial charge in [-0.25, -0.2) is 4.98 Å². The zero-order chi connectivity index (χ0) is 14.3. The molecule has 0 amide bonds. The van der Waals surface area contributed by atoms with Crippen molar-refractivity contribution >= 4 is 22.4 Å². The predicted octanol–water partition coefficient (Wildman–Crippen LogP) is 3.49. The van der Waals surface area contributed by atoms with Crippen LogP contribution in [0.15, 0.2) is 5.38 Å². The number of hydrogen-bond donors (Lipinski definition) is 1. The lowest BCUT2D eigenvalue weighted by atomic mass is 10.0. The second-order valence-electron chi connectivity index (χ2n) is 5.01. The van der Waals surface area contributed by atoms with E-state index in [1.165, 1.54) is 13.5 Å². The van der Waals surface area contributed by atoms with Gasteiger partial charge in [0.25, 0.3) is 0 Å². The van der Waals surface area contributed by atoms with Crippen LogP contribution in [0.5, 0.6) is 0 Å². The largest absolute Gasteiger partial charge is 0.469 e. The lowest BCUT2D eigenvalue weighted by molar-refractivity contribution is -0.140. The Bertz CT molecular complexity index is 393. The predicted molar refractivity (Wildman–Crippen MR) is 79.6 cm³/mol. The van der Waals surface area contributed by atoms with Crippen LogP contribution in [0.4, 0.5) is 5.13 Å². The maximum atomic E-state index is 11.1. The minimum absolute atomic E-state index is 0.187. The molecule has 19 heavy (non-hydrogen) atoms. The molecule has 2 atom stereocenters. The van der Waals surface area contributed by atoms with Crippen molar-refractivity contribution in [2.75, 3.05) is 12.4 Å². The van der Waals surface area contributed by atoms with Crippen molar-refractivity contribution in [1.82, 2.24) is 4.98 Å². The summed E-state index contributed by atoms with van der Waals surface area (Å²) in [5.41, 5.74) is 0.952. The van der Waals surface area contributed by atoms with E-state index >= 15 is 0 Å². The molecule has 0 aliphatic carbocycles. The van der Waals surface area contributed by atoms with Crippen LogP contribution in [0.2, 0.25) is 0 Å². The number of thiazole rings is 1. The first-order valence-electron chi connectivity index (χ1n) is 6.82. The van der Waals surface area contributed by atoms with Gasteiger partial charge >= 0.3 is 5.97 Å². The van der Waals surface area contributed by atoms with Crippen molar-refractivity contribution in [3.63, 3.8) is 0 Å². The summed E-state index contributed by atoms with van der Waals surface area (Å²) in [5.74, 6) is 0.536. The van der Waals surface area contributed by atoms with Gasteiger partial charge in [-0.3, -0.25) is 4.79 Å². The van der Waals surface area contributed by atoms with Crippen molar-refractivity contribution < 1.29 is 9.53 Å². The number of aryl methyl sites for hydroxylation is 1. The van der Waals surface area contributed by atoms with Crippen LogP contribution in [0.3, 0.4) is 0 Å². The number of hydrogen-bond acceptors (Lipinski definition) is 5. The lowest BCUT2D eigenvalue weighted by Gasteiger charge is -2.16. The number of rotatable bonds is 8. The third-order valence-electron chi connectivity index (χ3n) is 3.19. The molecule has 5 heteroatoms. The summed E-state index contributed by atoms with van der Waals surface area (Å²) in [7, 11) is 1.41. The Hall–Kier alpha value is -1.10. The molecule has 0 radical (unpaired) electrons. The number of anilines is 1. The minimum atomic E-state index is -0.187. The molecule has 1 rings (SSSR count). The van der Waals surface area contributed by atoms with E-state index in [0.717, 1.165) is 23.2 Å². The number of esters is 1. The van der Waals surface area contributed by atoms with Gasteiger partial charge in [-0.05, 0) is 19.3 Å². The Morgan fingerprint density at radius 1 is 1.53 bits per heavy atom. The van der Waals surface area contributed by atoms with Crippen LogP contribution >= 0.6 is 11.3 Å². The van der Waals surface area contributed by atoms with Gasteiger partial charge in [-0.15, -0.1) is 11.3 Å². The molecule has 1 aromatic rings. The lowest BCUT2D eigenvalue weighted by Crippen LogP contribution is -2.18. The Morgan fingerprint density at radius 2 is 2.26 bits per heavy atom. The van der Waals surface area contributed by atoms with Crippen molar-refractivity contribution in [3.8, 4) is 0 Å². The summed E-state index contributed by atoms with van der Waals surface area (Å²) in [6.45, 7) is 6.66. The average molecular weight is 284 g/mol. The zero-order valence-corrected chi connectivity index (χ0v) is 13.0. The maximum Gasteiger partial charge on any atom is 0.305 e. The molecule has 4 nitrogen and oxygen atoms in total. The Morgan fingerprint density at radius 3 is 2.89 bits per heavy atom. The SMILES string of the molecule is CCC(C)CC(C)Nc1nc(CCC(=O)OC)cs1. The Kier molecular flexibility index (Phi) is 6.84. The van der Waals surface area contributed by atoms with Crippen molar-refractivity contribution in [2.45, 2.75) is 52.5 Å². The molecule has 0 saturated carbocycles. The molecule has 1 heterocycles. The minimum Gasteiger partial charge on any atom is -0.469 e. The summed E-state index contributed by atoms with van der Waals surface area (Å²) in [6.07, 6.45) is 3.38. The highest BCUT2D eigenvalue weighted by Gasteiger charge is 2.10. The highest BCUT2D eigenvalue weighted by molar-refractivity contribution is 7.13. The first kappa shape index (κ1) is 16.0. The van der Waals surface area contributed by atoms with Crippen LogP contribution in [-0.2, 0) is 16.0 Å². The first-order valence-corrected chi connectivity index (χ1v) is 7.70. The summed E-state index contributed by atoms with van der Waals surface area (Å²) in [6, 6.07) is 0.426. The number of aromatic nitrogens is 1. The van der Waals surface area contributed by atoms with Gasteiger partial charge < -0.3 is 10.1 Å². The summed E-state index contributed by atoms with van der Waals surface area (Å²) < 4.78 is 4.62. The first-order chi connectivity index (χ1) is 9.05. The molecule has 0 fully saturated rings. The number of ether oxygens (including phenoxy) is 1. The second-order valence-corrected chi connectivity index (χ2v) is 5.87. The van der Waals surface area contributed by atoms with Gasteiger partial charge in [0.2, 0.25) is 0 Å². The van der Waals surface area contributed by atoms with Crippen LogP contribution in [0, 0.1) is 5.92 Å². The maximum absolute atomic E-state index is 11.1. The van der Waals surface area contributed by atoms with Gasteiger partial charge in [0.15, 0.2) is 5.13 Å². The van der Waals surface area contributed by atoms with E-state index < -0.39 is 0 Å². The van der Waals surface area contributed by atoms with E-state index in [1.807, 2.05) is 5.38 Å². The molecular weight excluding hydrogens is 260 g/mol. The fourth-order valence-corrected chi connectivity index (χ4v) is 2.72. The van der Waals surface area contributed by atoms with Crippen LogP contribution < -0.4 is 5.32 Å². The fraction of sp³-hybridized carbons (Fsp3) is 0.714. The van der Waals surface area contributed by atoms with Gasteiger partial charge in [-0.1, -0.05) is 20.3 Å². The molecule has 0 bridgehead atoms. The number of nitrogens with zero attached hydrogens (tertiary/aromatic N) is 1. The molecule has 0 saturated heterocycles. The summed E-state index contributed by atoms with van der Waals surface area (Å²) in [4.78, 5) is 15.6. The van der Waals surface area contributed by atoms with E-state index in [0.29, 0.717) is 18.9 Å². The second kappa shape index (κ2) is 8.15. The van der Waals surface area contributed by atoms with Gasteiger partial charge in [0.1, 0.15) is 0 Å². The number of carbonyl (C=O) groups excluding carboxylic acids is 1. The van der Waals surface area contributed by atoms with E-state index in [2.05, 4.69) is 35.8 Å². The Labute approximate surface area is 119 Å². The van der Waals surface area contributed by atoms with Crippen LogP contribution in [0.1, 0.15) is 45.7 Å². The zero-order valence-electron chi connectivity index (χ0n) is 12.2. The van der Waals surface area contributed by atoms with Crippen LogP contribution in [-0.4, -0.2) is 24.1 Å². The van der Waals surface area contributed by atoms with E-state index in [9.17, 15) is 4.79 Å². The molecular formula is C14H24N2O2S. The van der Waals surface area contributed by atoms with Crippen LogP contribution in [0.25, 0.3) is 0 Å². The molecule has 108 valence electrons. The fourth-order valence-electron chi connectivity index (χ4n) is 1.86. The number of methoxy groups -OCH3 is 1. The van der Waals surface area contributed by atoms with Crippen molar-refractivity contribution in [2.24, 2.45) is 5.92 Å². The van der Waals surface area contributed by atoms with E-state index in [4.69, 9.17) is 0 Å². The highest BCUT2D eigenvalue weighted by atomic mass is 32.1. The Balaban J connectivity index is 2.39. The molecule has 0 aromatic carbocycles. The van der Waals surface area contributed by atoms with E-state index in [1.54, 1.807) is 11.3 Å². The molecule has 1 N–H and O–H groups in total. The number of nitrogens with one attached hydrogen (secondary N) is 1. The molecule has 0 aliphatic rings. The van der Waals surface area contributed by atoms with Crippen molar-refractivity contribution in [1.29, 1.82) is 0 Å². The molecule has 2 unspecified atom stereocenters. The summed E-state index contributed by atoms with van der Waals surface area (Å²) >= 11 is 1.60. The molecule has 1 aromatic heterocycles. The van der Waals surface area contributed by atoms with Gasteiger partial charge in [0.05, 0.1) is 19.2 Å². The van der Waals surface area contributed by atoms with Gasteiger partial charge in [-0.2, -0.15) is 0 Å². The van der Waals surface area contributed by atoms with Crippen molar-refractivity contribution in [3.05, 3.63) is 11.1 Å².